The molecule has 0 atom stereocenters. The summed E-state index contributed by atoms with van der Waals surface area (Å²) in [5, 5.41) is 25.4. The maximum absolute atomic E-state index is 9.25. The van der Waals surface area contributed by atoms with Crippen LogP contribution in [0.1, 0.15) is 12.5 Å². The van der Waals surface area contributed by atoms with Crippen LogP contribution in [-0.2, 0) is 0 Å². The number of benzene rings is 1. The second kappa shape index (κ2) is 4.96. The second-order valence-corrected chi connectivity index (χ2v) is 4.21. The Morgan fingerprint density at radius 1 is 1.20 bits per heavy atom. The first-order valence-electron chi connectivity index (χ1n) is 5.99. The fourth-order valence-electron chi connectivity index (χ4n) is 1.70. The minimum Gasteiger partial charge on any atom is -0.508 e. The molecule has 0 saturated carbocycles. The third-order valence-electron chi connectivity index (χ3n) is 2.78. The van der Waals surface area contributed by atoms with E-state index in [-0.39, 0.29) is 5.75 Å². The van der Waals surface area contributed by atoms with E-state index in [1.807, 2.05) is 6.92 Å². The lowest BCUT2D eigenvalue weighted by Crippen LogP contribution is -2.02. The van der Waals surface area contributed by atoms with Crippen molar-refractivity contribution in [3.05, 3.63) is 48.3 Å². The van der Waals surface area contributed by atoms with Crippen LogP contribution in [0, 0.1) is 0 Å². The van der Waals surface area contributed by atoms with Crippen LogP contribution in [0.2, 0.25) is 0 Å². The molecule has 2 N–H and O–H groups in total. The van der Waals surface area contributed by atoms with Gasteiger partial charge in [-0.05, 0) is 48.9 Å². The predicted molar refractivity (Wildman–Crippen MR) is 74.7 cm³/mol. The monoisotopic (exact) mass is 268 g/mol. The van der Waals surface area contributed by atoms with Gasteiger partial charge < -0.3 is 5.11 Å². The van der Waals surface area contributed by atoms with Gasteiger partial charge in [0.2, 0.25) is 0 Å². The molecule has 2 aromatic heterocycles. The normalized spacial score (nSPS) is 11.8. The molecular weight excluding hydrogens is 256 g/mol. The molecule has 7 nitrogen and oxygen atoms in total. The summed E-state index contributed by atoms with van der Waals surface area (Å²) in [5.74, 6) is 0.824. The summed E-state index contributed by atoms with van der Waals surface area (Å²) >= 11 is 0. The number of phenolic OH excluding ortho intramolecular Hbond substituents is 1. The summed E-state index contributed by atoms with van der Waals surface area (Å²) in [5.41, 5.74) is 5.26. The summed E-state index contributed by atoms with van der Waals surface area (Å²) in [6, 6.07) is 10.4. The largest absolute Gasteiger partial charge is 0.508 e. The molecule has 0 aliphatic heterocycles. The van der Waals surface area contributed by atoms with E-state index in [4.69, 9.17) is 0 Å². The van der Waals surface area contributed by atoms with Crippen molar-refractivity contribution in [1.29, 1.82) is 0 Å². The molecular formula is C13H12N6O. The second-order valence-electron chi connectivity index (χ2n) is 4.21. The van der Waals surface area contributed by atoms with E-state index in [2.05, 4.69) is 25.8 Å². The summed E-state index contributed by atoms with van der Waals surface area (Å²) < 4.78 is 1.56. The highest BCUT2D eigenvalue weighted by Crippen LogP contribution is 2.11. The van der Waals surface area contributed by atoms with Crippen molar-refractivity contribution in [3.8, 4) is 5.75 Å². The zero-order valence-electron chi connectivity index (χ0n) is 10.7. The number of phenols is 1. The lowest BCUT2D eigenvalue weighted by Gasteiger charge is -2.03. The number of nitrogens with zero attached hydrogens (tertiary/aromatic N) is 5. The molecule has 2 heterocycles. The van der Waals surface area contributed by atoms with Gasteiger partial charge in [-0.25, -0.2) is 0 Å². The Labute approximate surface area is 114 Å². The quantitative estimate of drug-likeness (QED) is 0.557. The summed E-state index contributed by atoms with van der Waals surface area (Å²) in [4.78, 5) is 0. The van der Waals surface area contributed by atoms with E-state index in [0.29, 0.717) is 11.5 Å². The van der Waals surface area contributed by atoms with Crippen molar-refractivity contribution in [2.45, 2.75) is 6.92 Å². The maximum atomic E-state index is 9.25. The Morgan fingerprint density at radius 3 is 2.80 bits per heavy atom. The van der Waals surface area contributed by atoms with E-state index in [1.165, 1.54) is 6.33 Å². The van der Waals surface area contributed by atoms with E-state index < -0.39 is 0 Å². The SMILES string of the molecule is C/C(=N\Nc1ccc2nncn2n1)c1ccc(O)cc1. The average molecular weight is 268 g/mol. The Hall–Kier alpha value is -2.96. The third kappa shape index (κ3) is 2.41. The van der Waals surface area contributed by atoms with Crippen LogP contribution in [0.4, 0.5) is 5.82 Å². The van der Waals surface area contributed by atoms with Crippen LogP contribution in [0.15, 0.2) is 47.8 Å². The fourth-order valence-corrected chi connectivity index (χ4v) is 1.70. The van der Waals surface area contributed by atoms with Crippen molar-refractivity contribution in [1.82, 2.24) is 19.8 Å². The lowest BCUT2D eigenvalue weighted by atomic mass is 10.1. The number of rotatable bonds is 3. The first-order valence-corrected chi connectivity index (χ1v) is 5.99. The van der Waals surface area contributed by atoms with Gasteiger partial charge in [0, 0.05) is 0 Å². The summed E-state index contributed by atoms with van der Waals surface area (Å²) in [6.07, 6.45) is 1.52. The Kier molecular flexibility index (Phi) is 3.00. The highest BCUT2D eigenvalue weighted by molar-refractivity contribution is 5.99. The van der Waals surface area contributed by atoms with Crippen molar-refractivity contribution >= 4 is 17.2 Å². The van der Waals surface area contributed by atoms with Gasteiger partial charge in [0.25, 0.3) is 0 Å². The van der Waals surface area contributed by atoms with E-state index in [9.17, 15) is 5.11 Å². The molecule has 100 valence electrons. The molecule has 20 heavy (non-hydrogen) atoms. The summed E-state index contributed by atoms with van der Waals surface area (Å²) in [7, 11) is 0. The minimum absolute atomic E-state index is 0.231. The highest BCUT2D eigenvalue weighted by Gasteiger charge is 2.00. The van der Waals surface area contributed by atoms with Gasteiger partial charge in [-0.3, -0.25) is 5.43 Å². The Balaban J connectivity index is 1.80. The minimum atomic E-state index is 0.231. The molecule has 3 rings (SSSR count). The third-order valence-corrected chi connectivity index (χ3v) is 2.78. The van der Waals surface area contributed by atoms with E-state index in [0.717, 1.165) is 11.3 Å². The van der Waals surface area contributed by atoms with Gasteiger partial charge in [0.15, 0.2) is 11.5 Å². The average Bonchev–Trinajstić information content (AvgIpc) is 2.93. The topological polar surface area (TPSA) is 87.7 Å². The van der Waals surface area contributed by atoms with Gasteiger partial charge >= 0.3 is 0 Å². The van der Waals surface area contributed by atoms with Gasteiger partial charge in [0.1, 0.15) is 12.1 Å². The molecule has 7 heteroatoms. The van der Waals surface area contributed by atoms with Crippen LogP contribution in [0.25, 0.3) is 5.65 Å². The summed E-state index contributed by atoms with van der Waals surface area (Å²) in [6.45, 7) is 1.87. The van der Waals surface area contributed by atoms with Crippen LogP contribution in [-0.4, -0.2) is 30.6 Å². The smallest absolute Gasteiger partial charge is 0.177 e. The number of hydrogen-bond acceptors (Lipinski definition) is 6. The fraction of sp³-hybridized carbons (Fsp3) is 0.0769. The first kappa shape index (κ1) is 12.1. The number of hydrogen-bond donors (Lipinski definition) is 2. The Morgan fingerprint density at radius 2 is 2.00 bits per heavy atom. The molecule has 0 spiro atoms. The van der Waals surface area contributed by atoms with E-state index in [1.54, 1.807) is 40.9 Å². The van der Waals surface area contributed by atoms with Gasteiger partial charge in [-0.2, -0.15) is 9.62 Å². The van der Waals surface area contributed by atoms with Crippen molar-refractivity contribution in [2.24, 2.45) is 5.10 Å². The molecule has 0 unspecified atom stereocenters. The standard InChI is InChI=1S/C13H12N6O/c1-9(10-2-4-11(20)5-3-10)15-16-12-6-7-13-17-14-8-19(13)18-12/h2-8,20H,1H3,(H,16,18)/b15-9+. The first-order chi connectivity index (χ1) is 9.72. The van der Waals surface area contributed by atoms with Gasteiger partial charge in [0.05, 0.1) is 5.71 Å². The maximum Gasteiger partial charge on any atom is 0.177 e. The number of anilines is 1. The molecule has 0 bridgehead atoms. The molecule has 0 aliphatic rings. The predicted octanol–water partition coefficient (Wildman–Crippen LogP) is 1.67. The number of aromatic hydroxyl groups is 1. The van der Waals surface area contributed by atoms with Gasteiger partial charge in [-0.15, -0.1) is 15.3 Å². The van der Waals surface area contributed by atoms with Crippen molar-refractivity contribution in [2.75, 3.05) is 5.43 Å². The van der Waals surface area contributed by atoms with Crippen molar-refractivity contribution < 1.29 is 5.11 Å². The molecule has 1 aromatic carbocycles. The zero-order valence-corrected chi connectivity index (χ0v) is 10.7. The molecule has 0 radical (unpaired) electrons. The molecule has 0 fully saturated rings. The molecule has 0 saturated heterocycles. The van der Waals surface area contributed by atoms with Crippen molar-refractivity contribution in [3.63, 3.8) is 0 Å². The van der Waals surface area contributed by atoms with Crippen LogP contribution < -0.4 is 5.43 Å². The van der Waals surface area contributed by atoms with E-state index >= 15 is 0 Å². The number of aromatic nitrogens is 4. The number of fused-ring (bicyclic) bond motifs is 1. The van der Waals surface area contributed by atoms with Crippen LogP contribution >= 0.6 is 0 Å². The number of hydrazone groups is 1. The Bertz CT molecular complexity index is 762. The highest BCUT2D eigenvalue weighted by atomic mass is 16.3. The lowest BCUT2D eigenvalue weighted by molar-refractivity contribution is 0.475. The van der Waals surface area contributed by atoms with Crippen LogP contribution in [0.3, 0.4) is 0 Å². The van der Waals surface area contributed by atoms with Crippen LogP contribution in [0.5, 0.6) is 5.75 Å². The zero-order chi connectivity index (χ0) is 13.9. The number of nitrogens with one attached hydrogen (secondary N) is 1. The molecule has 3 aromatic rings. The molecule has 0 amide bonds. The van der Waals surface area contributed by atoms with Gasteiger partial charge in [-0.1, -0.05) is 0 Å². The molecule has 0 aliphatic carbocycles.